The molecule has 0 aromatic carbocycles. The fourth-order valence-electron chi connectivity index (χ4n) is 4.64. The van der Waals surface area contributed by atoms with E-state index in [0.29, 0.717) is 48.7 Å². The van der Waals surface area contributed by atoms with Gasteiger partial charge in [-0.3, -0.25) is 14.5 Å². The van der Waals surface area contributed by atoms with Gasteiger partial charge in [-0.1, -0.05) is 0 Å². The van der Waals surface area contributed by atoms with Crippen molar-refractivity contribution >= 4 is 32.7 Å². The smallest absolute Gasteiger partial charge is 0.261 e. The van der Waals surface area contributed by atoms with Gasteiger partial charge in [-0.15, -0.1) is 0 Å². The molecule has 2 aliphatic heterocycles. The minimum absolute atomic E-state index is 0.00421. The Morgan fingerprint density at radius 2 is 2.03 bits per heavy atom. The van der Waals surface area contributed by atoms with Gasteiger partial charge in [0.2, 0.25) is 15.9 Å². The average molecular weight is 472 g/mol. The third-order valence-corrected chi connectivity index (χ3v) is 7.67. The predicted octanol–water partition coefficient (Wildman–Crippen LogP) is 1.15. The number of aromatic nitrogens is 2. The van der Waals surface area contributed by atoms with Crippen molar-refractivity contribution in [2.24, 2.45) is 7.05 Å². The summed E-state index contributed by atoms with van der Waals surface area (Å²) in [6, 6.07) is 3.60. The van der Waals surface area contributed by atoms with Gasteiger partial charge in [0, 0.05) is 56.2 Å². The number of amides is 1. The van der Waals surface area contributed by atoms with E-state index in [9.17, 15) is 18.0 Å². The van der Waals surface area contributed by atoms with Gasteiger partial charge in [0.15, 0.2) is 0 Å². The first-order chi connectivity index (χ1) is 15.6. The minimum Gasteiger partial charge on any atom is -0.459 e. The highest BCUT2D eigenvalue weighted by Gasteiger charge is 2.30. The van der Waals surface area contributed by atoms with Gasteiger partial charge in [-0.2, -0.15) is 4.31 Å². The summed E-state index contributed by atoms with van der Waals surface area (Å²) in [5.41, 5.74) is 2.62. The Balaban J connectivity index is 1.52. The number of carbonyl (C=O) groups excluding carboxylic acids is 1. The van der Waals surface area contributed by atoms with Crippen LogP contribution in [0.3, 0.4) is 0 Å². The minimum atomic E-state index is -3.23. The average Bonchev–Trinajstić information content (AvgIpc) is 3.34. The Hall–Kier alpha value is -3.02. The molecule has 10 nitrogen and oxygen atoms in total. The van der Waals surface area contributed by atoms with E-state index in [1.165, 1.54) is 15.1 Å². The number of hydrogen-bond donors (Lipinski definition) is 1. The second kappa shape index (κ2) is 7.79. The highest BCUT2D eigenvalue weighted by atomic mass is 32.2. The molecule has 11 heteroatoms. The number of hydrogen-bond acceptors (Lipinski definition) is 7. The van der Waals surface area contributed by atoms with Gasteiger partial charge in [0.1, 0.15) is 17.2 Å². The predicted molar refractivity (Wildman–Crippen MR) is 123 cm³/mol. The van der Waals surface area contributed by atoms with Crippen molar-refractivity contribution in [3.8, 4) is 11.1 Å². The number of piperazine rings is 1. The molecule has 1 fully saturated rings. The summed E-state index contributed by atoms with van der Waals surface area (Å²) >= 11 is 0. The molecule has 1 amide bonds. The Morgan fingerprint density at radius 1 is 1.24 bits per heavy atom. The lowest BCUT2D eigenvalue weighted by molar-refractivity contribution is -0.115. The number of sulfonamides is 1. The number of nitrogens with one attached hydrogen (secondary N) is 1. The van der Waals surface area contributed by atoms with Crippen molar-refractivity contribution in [1.82, 2.24) is 18.8 Å². The van der Waals surface area contributed by atoms with Crippen LogP contribution in [0.4, 0.5) is 5.82 Å². The maximum absolute atomic E-state index is 12.9. The Kier molecular flexibility index (Phi) is 5.15. The van der Waals surface area contributed by atoms with Crippen LogP contribution in [0.25, 0.3) is 22.1 Å². The number of fused-ring (bicyclic) bond motifs is 2. The van der Waals surface area contributed by atoms with E-state index in [2.05, 4.69) is 15.2 Å². The largest absolute Gasteiger partial charge is 0.459 e. The lowest BCUT2D eigenvalue weighted by Crippen LogP contribution is -2.52. The lowest BCUT2D eigenvalue weighted by atomic mass is 10.0. The normalized spacial score (nSPS) is 19.7. The molecule has 5 heterocycles. The molecule has 0 aliphatic carbocycles. The maximum atomic E-state index is 12.9. The summed E-state index contributed by atoms with van der Waals surface area (Å²) in [6.45, 7) is 3.85. The number of nitrogens with zero attached hydrogens (tertiary/aromatic N) is 4. The van der Waals surface area contributed by atoms with Crippen LogP contribution in [0.2, 0.25) is 0 Å². The van der Waals surface area contributed by atoms with Crippen molar-refractivity contribution in [1.29, 1.82) is 0 Å². The number of aryl methyl sites for hydroxylation is 1. The highest BCUT2D eigenvalue weighted by molar-refractivity contribution is 7.88. The fraction of sp³-hybridized carbons (Fsp3) is 0.409. The van der Waals surface area contributed by atoms with Gasteiger partial charge < -0.3 is 14.3 Å². The van der Waals surface area contributed by atoms with Crippen LogP contribution in [0.15, 0.2) is 33.7 Å². The molecule has 1 saturated heterocycles. The Bertz CT molecular complexity index is 1440. The summed E-state index contributed by atoms with van der Waals surface area (Å²) in [5, 5.41) is 3.23. The van der Waals surface area contributed by atoms with Crippen LogP contribution in [-0.4, -0.2) is 65.0 Å². The number of carbonyl (C=O) groups is 1. The van der Waals surface area contributed by atoms with E-state index in [1.54, 1.807) is 25.5 Å². The molecular formula is C22H25N5O5S. The summed E-state index contributed by atoms with van der Waals surface area (Å²) in [5.74, 6) is 1.05. The lowest BCUT2D eigenvalue weighted by Gasteiger charge is -2.38. The molecule has 1 atom stereocenters. The van der Waals surface area contributed by atoms with Gasteiger partial charge in [0.25, 0.3) is 5.56 Å². The van der Waals surface area contributed by atoms with Crippen molar-refractivity contribution in [2.45, 2.75) is 25.9 Å². The van der Waals surface area contributed by atoms with Crippen LogP contribution < -0.4 is 10.9 Å². The van der Waals surface area contributed by atoms with Crippen LogP contribution in [0.5, 0.6) is 0 Å². The van der Waals surface area contributed by atoms with E-state index < -0.39 is 10.0 Å². The first-order valence-corrected chi connectivity index (χ1v) is 12.6. The van der Waals surface area contributed by atoms with Crippen molar-refractivity contribution in [2.75, 3.05) is 31.2 Å². The first-order valence-electron chi connectivity index (χ1n) is 10.7. The van der Waals surface area contributed by atoms with E-state index in [4.69, 9.17) is 4.42 Å². The van der Waals surface area contributed by atoms with E-state index in [-0.39, 0.29) is 23.9 Å². The molecule has 3 aromatic rings. The molecule has 0 bridgehead atoms. The van der Waals surface area contributed by atoms with Crippen LogP contribution >= 0.6 is 0 Å². The van der Waals surface area contributed by atoms with Gasteiger partial charge in [-0.25, -0.2) is 13.4 Å². The molecule has 5 rings (SSSR count). The molecule has 33 heavy (non-hydrogen) atoms. The molecule has 1 unspecified atom stereocenters. The van der Waals surface area contributed by atoms with Crippen LogP contribution in [0, 0.1) is 0 Å². The van der Waals surface area contributed by atoms with E-state index in [0.717, 1.165) is 16.7 Å². The zero-order chi connectivity index (χ0) is 23.5. The molecule has 0 spiro atoms. The van der Waals surface area contributed by atoms with E-state index in [1.807, 2.05) is 13.0 Å². The monoisotopic (exact) mass is 471 g/mol. The zero-order valence-electron chi connectivity index (χ0n) is 18.7. The summed E-state index contributed by atoms with van der Waals surface area (Å²) in [7, 11) is -1.54. The maximum Gasteiger partial charge on any atom is 0.261 e. The van der Waals surface area contributed by atoms with E-state index >= 15 is 0 Å². The van der Waals surface area contributed by atoms with Gasteiger partial charge in [0.05, 0.1) is 24.6 Å². The van der Waals surface area contributed by atoms with Gasteiger partial charge in [-0.05, 0) is 24.6 Å². The van der Waals surface area contributed by atoms with Crippen LogP contribution in [0.1, 0.15) is 18.2 Å². The highest BCUT2D eigenvalue weighted by Crippen LogP contribution is 2.36. The quantitative estimate of drug-likeness (QED) is 0.607. The SMILES string of the molecule is CC1CN(S(C)(=O)=O)CCN1Cc1cc2c(=O)n(C)cc(-c3ccnc4c3CC(=O)N4)c2o1. The Morgan fingerprint density at radius 3 is 2.76 bits per heavy atom. The van der Waals surface area contributed by atoms with Crippen molar-refractivity contribution < 1.29 is 17.6 Å². The molecule has 0 saturated carbocycles. The summed E-state index contributed by atoms with van der Waals surface area (Å²) < 4.78 is 33.0. The third-order valence-electron chi connectivity index (χ3n) is 6.40. The molecule has 3 aromatic heterocycles. The number of pyridine rings is 2. The summed E-state index contributed by atoms with van der Waals surface area (Å²) in [4.78, 5) is 31.2. The van der Waals surface area contributed by atoms with Crippen molar-refractivity contribution in [3.63, 3.8) is 0 Å². The second-order valence-corrected chi connectivity index (χ2v) is 10.7. The third kappa shape index (κ3) is 3.85. The fourth-order valence-corrected chi connectivity index (χ4v) is 5.54. The molecule has 1 N–H and O–H groups in total. The van der Waals surface area contributed by atoms with Gasteiger partial charge >= 0.3 is 0 Å². The molecule has 0 radical (unpaired) electrons. The number of furan rings is 1. The van der Waals surface area contributed by atoms with Crippen molar-refractivity contribution in [3.05, 3.63) is 46.2 Å². The zero-order valence-corrected chi connectivity index (χ0v) is 19.5. The first kappa shape index (κ1) is 21.8. The standard InChI is InChI=1S/C22H25N5O5S/c1-13-10-27(33(3,30)31)7-6-26(13)11-14-8-17-20(32-14)18(12-25(2)22(17)29)15-4-5-23-21-16(15)9-19(28)24-21/h4-5,8,12-13H,6-7,9-11H2,1-3H3,(H,23,24,28). The second-order valence-electron chi connectivity index (χ2n) is 8.77. The summed E-state index contributed by atoms with van der Waals surface area (Å²) in [6.07, 6.45) is 4.80. The topological polar surface area (TPSA) is 118 Å². The van der Waals surface area contributed by atoms with Crippen LogP contribution in [-0.2, 0) is 34.8 Å². The Labute approximate surface area is 190 Å². The number of rotatable bonds is 4. The molecule has 2 aliphatic rings. The molecular weight excluding hydrogens is 446 g/mol. The molecule has 174 valence electrons. The number of anilines is 1.